The zero-order valence-corrected chi connectivity index (χ0v) is 18.1. The minimum Gasteiger partial charge on any atom is -0.493 e. The molecule has 4 rings (SSSR count). The van der Waals surface area contributed by atoms with E-state index in [2.05, 4.69) is 28.3 Å². The monoisotopic (exact) mass is 410 g/mol. The van der Waals surface area contributed by atoms with E-state index in [9.17, 15) is 0 Å². The maximum atomic E-state index is 5.40. The Kier molecular flexibility index (Phi) is 6.11. The van der Waals surface area contributed by atoms with Gasteiger partial charge in [0.15, 0.2) is 11.5 Å². The molecule has 2 aromatic heterocycles. The third-order valence-corrected chi connectivity index (χ3v) is 5.85. The quantitative estimate of drug-likeness (QED) is 0.555. The van der Waals surface area contributed by atoms with Crippen LogP contribution in [0.2, 0.25) is 0 Å². The number of fused-ring (bicyclic) bond motifs is 3. The minimum absolute atomic E-state index is 0.489. The number of pyridine rings is 1. The molecule has 1 unspecified atom stereocenters. The molecule has 30 heavy (non-hydrogen) atoms. The Hall–Kier alpha value is -2.77. The van der Waals surface area contributed by atoms with Gasteiger partial charge in [0.1, 0.15) is 11.5 Å². The lowest BCUT2D eigenvalue weighted by Crippen LogP contribution is -2.36. The molecule has 3 aromatic rings. The molecule has 1 aliphatic carbocycles. The average molecular weight is 411 g/mol. The van der Waals surface area contributed by atoms with Gasteiger partial charge in [-0.3, -0.25) is 0 Å². The molecule has 7 nitrogen and oxygen atoms in total. The number of nitrogens with one attached hydrogen (secondary N) is 2. The highest BCUT2D eigenvalue weighted by Crippen LogP contribution is 2.33. The van der Waals surface area contributed by atoms with Gasteiger partial charge >= 0.3 is 0 Å². The van der Waals surface area contributed by atoms with E-state index in [0.29, 0.717) is 17.5 Å². The van der Waals surface area contributed by atoms with Crippen LogP contribution in [0, 0.1) is 0 Å². The van der Waals surface area contributed by atoms with Gasteiger partial charge in [0.05, 0.1) is 20.8 Å². The van der Waals surface area contributed by atoms with Gasteiger partial charge in [-0.05, 0) is 49.1 Å². The van der Waals surface area contributed by atoms with Crippen molar-refractivity contribution in [1.82, 2.24) is 14.9 Å². The number of ether oxygens (including phenoxy) is 3. The topological polar surface area (TPSA) is 69.6 Å². The van der Waals surface area contributed by atoms with E-state index in [1.54, 1.807) is 21.3 Å². The molecular formula is C23H30N4O3. The standard InChI is InChI=1S/C23H30N4O3/c1-27-19-8-5-15(24-11-12-28-2)13-18(19)17-7-10-22(26-23(17)27)25-16-6-9-20(29-3)21(14-16)30-4/h6-7,9-10,14-15,24H,5,8,11-13H2,1-4H3,(H,25,26). The van der Waals surface area contributed by atoms with Gasteiger partial charge in [-0.15, -0.1) is 0 Å². The first-order chi connectivity index (χ1) is 14.6. The number of aryl methyl sites for hydroxylation is 1. The lowest BCUT2D eigenvalue weighted by atomic mass is 9.91. The summed E-state index contributed by atoms with van der Waals surface area (Å²) in [6, 6.07) is 10.5. The van der Waals surface area contributed by atoms with Crippen molar-refractivity contribution in [3.05, 3.63) is 41.6 Å². The van der Waals surface area contributed by atoms with Gasteiger partial charge in [-0.25, -0.2) is 4.98 Å². The number of benzene rings is 1. The Bertz CT molecular complexity index is 1030. The summed E-state index contributed by atoms with van der Waals surface area (Å²) >= 11 is 0. The molecule has 160 valence electrons. The summed E-state index contributed by atoms with van der Waals surface area (Å²) in [6.45, 7) is 1.63. The molecule has 0 radical (unpaired) electrons. The molecule has 1 atom stereocenters. The van der Waals surface area contributed by atoms with Crippen molar-refractivity contribution >= 4 is 22.5 Å². The van der Waals surface area contributed by atoms with Crippen molar-refractivity contribution in [2.24, 2.45) is 7.05 Å². The molecule has 2 heterocycles. The smallest absolute Gasteiger partial charge is 0.162 e. The average Bonchev–Trinajstić information content (AvgIpc) is 3.05. The Labute approximate surface area is 177 Å². The number of aromatic nitrogens is 2. The summed E-state index contributed by atoms with van der Waals surface area (Å²) in [5.41, 5.74) is 4.73. The van der Waals surface area contributed by atoms with Crippen LogP contribution in [0.5, 0.6) is 11.5 Å². The maximum absolute atomic E-state index is 5.40. The third kappa shape index (κ3) is 3.95. The Morgan fingerprint density at radius 3 is 2.70 bits per heavy atom. The van der Waals surface area contributed by atoms with Gasteiger partial charge in [-0.1, -0.05) is 0 Å². The highest BCUT2D eigenvalue weighted by atomic mass is 16.5. The van der Waals surface area contributed by atoms with E-state index in [1.165, 1.54) is 16.6 Å². The summed E-state index contributed by atoms with van der Waals surface area (Å²) in [5, 5.41) is 8.24. The fourth-order valence-corrected chi connectivity index (χ4v) is 4.30. The molecule has 1 aromatic carbocycles. The summed E-state index contributed by atoms with van der Waals surface area (Å²) in [6.07, 6.45) is 3.23. The molecule has 7 heteroatoms. The number of hydrogen-bond acceptors (Lipinski definition) is 6. The molecule has 0 aliphatic heterocycles. The Morgan fingerprint density at radius 2 is 1.93 bits per heavy atom. The van der Waals surface area contributed by atoms with Crippen LogP contribution in [0.3, 0.4) is 0 Å². The first-order valence-corrected chi connectivity index (χ1v) is 10.3. The lowest BCUT2D eigenvalue weighted by molar-refractivity contribution is 0.194. The van der Waals surface area contributed by atoms with E-state index in [0.717, 1.165) is 49.6 Å². The highest BCUT2D eigenvalue weighted by Gasteiger charge is 2.24. The Balaban J connectivity index is 1.58. The van der Waals surface area contributed by atoms with Crippen LogP contribution in [-0.2, 0) is 24.6 Å². The van der Waals surface area contributed by atoms with Crippen LogP contribution in [-0.4, -0.2) is 50.1 Å². The van der Waals surface area contributed by atoms with Crippen LogP contribution < -0.4 is 20.1 Å². The maximum Gasteiger partial charge on any atom is 0.162 e. The zero-order chi connectivity index (χ0) is 21.1. The van der Waals surface area contributed by atoms with E-state index >= 15 is 0 Å². The van der Waals surface area contributed by atoms with Crippen molar-refractivity contribution in [3.63, 3.8) is 0 Å². The Morgan fingerprint density at radius 1 is 1.10 bits per heavy atom. The van der Waals surface area contributed by atoms with Crippen LogP contribution in [0.15, 0.2) is 30.3 Å². The second-order valence-electron chi connectivity index (χ2n) is 7.63. The molecule has 0 spiro atoms. The van der Waals surface area contributed by atoms with Crippen molar-refractivity contribution in [2.75, 3.05) is 39.8 Å². The minimum atomic E-state index is 0.489. The number of hydrogen-bond donors (Lipinski definition) is 2. The number of methoxy groups -OCH3 is 3. The predicted octanol–water partition coefficient (Wildman–Crippen LogP) is 3.43. The van der Waals surface area contributed by atoms with Crippen molar-refractivity contribution in [1.29, 1.82) is 0 Å². The molecule has 0 saturated carbocycles. The van der Waals surface area contributed by atoms with Crippen LogP contribution >= 0.6 is 0 Å². The first kappa shape index (κ1) is 20.5. The summed E-state index contributed by atoms with van der Waals surface area (Å²) in [7, 11) is 7.13. The van der Waals surface area contributed by atoms with E-state index in [4.69, 9.17) is 19.2 Å². The highest BCUT2D eigenvalue weighted by molar-refractivity contribution is 5.84. The SMILES string of the molecule is COCCNC1CCc2c(c3ccc(Nc4ccc(OC)c(OC)c4)nc3n2C)C1. The molecule has 0 saturated heterocycles. The largest absolute Gasteiger partial charge is 0.493 e. The van der Waals surface area contributed by atoms with Gasteiger partial charge < -0.3 is 29.4 Å². The normalized spacial score (nSPS) is 15.8. The van der Waals surface area contributed by atoms with Gasteiger partial charge in [0, 0.05) is 49.6 Å². The summed E-state index contributed by atoms with van der Waals surface area (Å²) in [4.78, 5) is 4.91. The van der Waals surface area contributed by atoms with Gasteiger partial charge in [0.2, 0.25) is 0 Å². The van der Waals surface area contributed by atoms with E-state index in [-0.39, 0.29) is 0 Å². The van der Waals surface area contributed by atoms with Crippen molar-refractivity contribution in [2.45, 2.75) is 25.3 Å². The molecule has 0 fully saturated rings. The summed E-state index contributed by atoms with van der Waals surface area (Å²) in [5.74, 6) is 2.20. The van der Waals surface area contributed by atoms with Crippen LogP contribution in [0.4, 0.5) is 11.5 Å². The van der Waals surface area contributed by atoms with Crippen LogP contribution in [0.1, 0.15) is 17.7 Å². The summed E-state index contributed by atoms with van der Waals surface area (Å²) < 4.78 is 18.1. The molecule has 0 amide bonds. The van der Waals surface area contributed by atoms with E-state index in [1.807, 2.05) is 24.3 Å². The van der Waals surface area contributed by atoms with Crippen LogP contribution in [0.25, 0.3) is 11.0 Å². The fourth-order valence-electron chi connectivity index (χ4n) is 4.30. The van der Waals surface area contributed by atoms with Crippen molar-refractivity contribution < 1.29 is 14.2 Å². The molecule has 2 N–H and O–H groups in total. The molecular weight excluding hydrogens is 380 g/mol. The first-order valence-electron chi connectivity index (χ1n) is 10.3. The second kappa shape index (κ2) is 8.93. The number of nitrogens with zero attached hydrogens (tertiary/aromatic N) is 2. The lowest BCUT2D eigenvalue weighted by Gasteiger charge is -2.24. The molecule has 1 aliphatic rings. The molecule has 0 bridgehead atoms. The second-order valence-corrected chi connectivity index (χ2v) is 7.63. The van der Waals surface area contributed by atoms with Crippen molar-refractivity contribution in [3.8, 4) is 11.5 Å². The fraction of sp³-hybridized carbons (Fsp3) is 0.435. The zero-order valence-electron chi connectivity index (χ0n) is 18.1. The number of anilines is 2. The van der Waals surface area contributed by atoms with Gasteiger partial charge in [-0.2, -0.15) is 0 Å². The number of rotatable bonds is 8. The van der Waals surface area contributed by atoms with E-state index < -0.39 is 0 Å². The third-order valence-electron chi connectivity index (χ3n) is 5.85. The predicted molar refractivity (Wildman–Crippen MR) is 119 cm³/mol. The van der Waals surface area contributed by atoms with Gasteiger partial charge in [0.25, 0.3) is 0 Å².